The number of aryl methyl sites for hydroxylation is 2. The Morgan fingerprint density at radius 3 is 2.32 bits per heavy atom. The Hall–Kier alpha value is -1.38. The van der Waals surface area contributed by atoms with E-state index in [0.29, 0.717) is 0 Å². The normalized spacial score (nSPS) is 12.5. The van der Waals surface area contributed by atoms with Gasteiger partial charge in [-0.05, 0) is 38.1 Å². The van der Waals surface area contributed by atoms with Crippen molar-refractivity contribution in [1.29, 1.82) is 0 Å². The molecule has 0 spiro atoms. The van der Waals surface area contributed by atoms with Gasteiger partial charge in [0.05, 0.1) is 11.1 Å². The first-order valence-electron chi connectivity index (χ1n) is 6.22. The predicted molar refractivity (Wildman–Crippen MR) is 78.2 cm³/mol. The van der Waals surface area contributed by atoms with E-state index < -0.39 is 0 Å². The number of benzene rings is 2. The second-order valence-corrected chi connectivity index (χ2v) is 5.16. The average Bonchev–Trinajstić information content (AvgIpc) is 2.34. The number of hydrogen-bond donors (Lipinski definition) is 1. The quantitative estimate of drug-likeness (QED) is 0.876. The largest absolute Gasteiger partial charge is 0.309 e. The summed E-state index contributed by atoms with van der Waals surface area (Å²) < 4.78 is 13.6. The van der Waals surface area contributed by atoms with Crippen LogP contribution < -0.4 is 5.32 Å². The van der Waals surface area contributed by atoms with Gasteiger partial charge in [-0.2, -0.15) is 0 Å². The molecule has 0 bridgehead atoms. The highest BCUT2D eigenvalue weighted by molar-refractivity contribution is 6.31. The maximum atomic E-state index is 13.6. The molecule has 0 heterocycles. The van der Waals surface area contributed by atoms with Crippen LogP contribution in [-0.4, -0.2) is 7.05 Å². The lowest BCUT2D eigenvalue weighted by Crippen LogP contribution is -2.18. The maximum Gasteiger partial charge on any atom is 0.142 e. The minimum atomic E-state index is -0.385. The second-order valence-electron chi connectivity index (χ2n) is 4.79. The van der Waals surface area contributed by atoms with Crippen molar-refractivity contribution in [3.05, 3.63) is 69.5 Å². The van der Waals surface area contributed by atoms with Crippen molar-refractivity contribution in [1.82, 2.24) is 5.32 Å². The highest BCUT2D eigenvalue weighted by Gasteiger charge is 2.17. The van der Waals surface area contributed by atoms with Gasteiger partial charge in [0, 0.05) is 0 Å². The van der Waals surface area contributed by atoms with Gasteiger partial charge in [-0.15, -0.1) is 0 Å². The highest BCUT2D eigenvalue weighted by Crippen LogP contribution is 2.30. The van der Waals surface area contributed by atoms with Gasteiger partial charge in [0.2, 0.25) is 0 Å². The Bertz CT molecular complexity index is 575. The minimum absolute atomic E-state index is 0.109. The third-order valence-corrected chi connectivity index (χ3v) is 3.56. The first kappa shape index (κ1) is 14.0. The molecule has 0 aliphatic heterocycles. The van der Waals surface area contributed by atoms with Crippen LogP contribution in [0.25, 0.3) is 0 Å². The van der Waals surface area contributed by atoms with Crippen molar-refractivity contribution in [3.63, 3.8) is 0 Å². The molecular formula is C16H17ClFN. The van der Waals surface area contributed by atoms with Gasteiger partial charge in [0.1, 0.15) is 5.82 Å². The maximum absolute atomic E-state index is 13.6. The van der Waals surface area contributed by atoms with Gasteiger partial charge in [0.15, 0.2) is 0 Å². The van der Waals surface area contributed by atoms with Crippen LogP contribution in [0.1, 0.15) is 28.3 Å². The molecule has 19 heavy (non-hydrogen) atoms. The van der Waals surface area contributed by atoms with Crippen molar-refractivity contribution in [2.45, 2.75) is 19.9 Å². The second kappa shape index (κ2) is 5.72. The Balaban J connectivity index is 2.53. The number of nitrogens with one attached hydrogen (secondary N) is 1. The van der Waals surface area contributed by atoms with Gasteiger partial charge < -0.3 is 5.32 Å². The fraction of sp³-hybridized carbons (Fsp3) is 0.250. The van der Waals surface area contributed by atoms with E-state index in [9.17, 15) is 4.39 Å². The molecule has 0 radical (unpaired) electrons. The molecule has 3 heteroatoms. The summed E-state index contributed by atoms with van der Waals surface area (Å²) in [5, 5.41) is 3.39. The van der Waals surface area contributed by atoms with Crippen LogP contribution in [0.5, 0.6) is 0 Å². The molecule has 0 fully saturated rings. The zero-order chi connectivity index (χ0) is 14.0. The molecule has 0 aliphatic rings. The molecule has 1 N–H and O–H groups in total. The van der Waals surface area contributed by atoms with Gasteiger partial charge >= 0.3 is 0 Å². The molecular weight excluding hydrogens is 261 g/mol. The zero-order valence-electron chi connectivity index (χ0n) is 11.3. The van der Waals surface area contributed by atoms with Crippen LogP contribution in [0.4, 0.5) is 4.39 Å². The Morgan fingerprint density at radius 1 is 1.11 bits per heavy atom. The van der Waals surface area contributed by atoms with E-state index >= 15 is 0 Å². The summed E-state index contributed by atoms with van der Waals surface area (Å²) in [4.78, 5) is 0. The van der Waals surface area contributed by atoms with Crippen molar-refractivity contribution in [2.75, 3.05) is 7.05 Å². The zero-order valence-corrected chi connectivity index (χ0v) is 12.1. The molecule has 2 rings (SSSR count). The summed E-state index contributed by atoms with van der Waals surface area (Å²) in [5.41, 5.74) is 4.22. The predicted octanol–water partition coefficient (Wildman–Crippen LogP) is 4.40. The topological polar surface area (TPSA) is 12.0 Å². The molecule has 1 atom stereocenters. The first-order chi connectivity index (χ1) is 9.02. The van der Waals surface area contributed by atoms with Crippen LogP contribution in [-0.2, 0) is 0 Å². The third-order valence-electron chi connectivity index (χ3n) is 3.16. The SMILES string of the molecule is CNC(c1cc(C)cc(C)c1)c1cccc(F)c1Cl. The molecule has 2 aromatic rings. The number of hydrogen-bond acceptors (Lipinski definition) is 1. The van der Waals surface area contributed by atoms with Crippen molar-refractivity contribution in [3.8, 4) is 0 Å². The van der Waals surface area contributed by atoms with Crippen LogP contribution in [0.2, 0.25) is 5.02 Å². The van der Waals surface area contributed by atoms with Gasteiger partial charge in [-0.25, -0.2) is 4.39 Å². The van der Waals surface area contributed by atoms with Gasteiger partial charge in [-0.3, -0.25) is 0 Å². The molecule has 2 aromatic carbocycles. The van der Waals surface area contributed by atoms with Crippen LogP contribution in [0, 0.1) is 19.7 Å². The summed E-state index contributed by atoms with van der Waals surface area (Å²) >= 11 is 6.08. The lowest BCUT2D eigenvalue weighted by atomic mass is 9.95. The molecule has 0 aliphatic carbocycles. The summed E-state index contributed by atoms with van der Waals surface area (Å²) in [6, 6.07) is 11.1. The monoisotopic (exact) mass is 277 g/mol. The first-order valence-corrected chi connectivity index (χ1v) is 6.60. The smallest absolute Gasteiger partial charge is 0.142 e. The fourth-order valence-corrected chi connectivity index (χ4v) is 2.66. The van der Waals surface area contributed by atoms with E-state index in [1.165, 1.54) is 17.2 Å². The van der Waals surface area contributed by atoms with Crippen LogP contribution in [0.3, 0.4) is 0 Å². The Kier molecular flexibility index (Phi) is 4.23. The highest BCUT2D eigenvalue weighted by atomic mass is 35.5. The average molecular weight is 278 g/mol. The van der Waals surface area contributed by atoms with E-state index in [-0.39, 0.29) is 16.9 Å². The summed E-state index contributed by atoms with van der Waals surface area (Å²) in [6.07, 6.45) is 0. The minimum Gasteiger partial charge on any atom is -0.309 e. The van der Waals surface area contributed by atoms with Gasteiger partial charge in [0.25, 0.3) is 0 Å². The lowest BCUT2D eigenvalue weighted by Gasteiger charge is -2.20. The van der Waals surface area contributed by atoms with Crippen molar-refractivity contribution < 1.29 is 4.39 Å². The van der Waals surface area contributed by atoms with E-state index in [0.717, 1.165) is 11.1 Å². The molecule has 0 aromatic heterocycles. The van der Waals surface area contributed by atoms with E-state index in [1.807, 2.05) is 13.1 Å². The Morgan fingerprint density at radius 2 is 1.74 bits per heavy atom. The van der Waals surface area contributed by atoms with Crippen LogP contribution >= 0.6 is 11.6 Å². The van der Waals surface area contributed by atoms with E-state index in [1.54, 1.807) is 6.07 Å². The third kappa shape index (κ3) is 2.96. The van der Waals surface area contributed by atoms with Crippen LogP contribution in [0.15, 0.2) is 36.4 Å². The molecule has 1 nitrogen and oxygen atoms in total. The number of rotatable bonds is 3. The lowest BCUT2D eigenvalue weighted by molar-refractivity contribution is 0.617. The van der Waals surface area contributed by atoms with E-state index in [2.05, 4.69) is 37.4 Å². The fourth-order valence-electron chi connectivity index (χ4n) is 2.42. The standard InChI is InChI=1S/C16H17ClFN/c1-10-7-11(2)9-12(8-10)16(19-3)13-5-4-6-14(18)15(13)17/h4-9,16,19H,1-3H3. The molecule has 1 unspecified atom stereocenters. The summed E-state index contributed by atoms with van der Waals surface area (Å²) in [5.74, 6) is -0.385. The Labute approximate surface area is 118 Å². The molecule has 100 valence electrons. The van der Waals surface area contributed by atoms with E-state index in [4.69, 9.17) is 11.6 Å². The van der Waals surface area contributed by atoms with Gasteiger partial charge in [-0.1, -0.05) is 53.1 Å². The molecule has 0 saturated heterocycles. The molecule has 0 saturated carbocycles. The van der Waals surface area contributed by atoms with Crippen molar-refractivity contribution >= 4 is 11.6 Å². The number of halogens is 2. The van der Waals surface area contributed by atoms with Crippen molar-refractivity contribution in [2.24, 2.45) is 0 Å². The molecule has 0 amide bonds. The summed E-state index contributed by atoms with van der Waals surface area (Å²) in [7, 11) is 1.85. The summed E-state index contributed by atoms with van der Waals surface area (Å²) in [6.45, 7) is 4.10.